The van der Waals surface area contributed by atoms with E-state index in [-0.39, 0.29) is 151 Å². The van der Waals surface area contributed by atoms with E-state index in [4.69, 9.17) is 19.2 Å². The summed E-state index contributed by atoms with van der Waals surface area (Å²) in [7, 11) is -5.39. The molecule has 0 spiro atoms. The van der Waals surface area contributed by atoms with Gasteiger partial charge < -0.3 is 19.2 Å². The number of rotatable bonds is 0. The van der Waals surface area contributed by atoms with Crippen molar-refractivity contribution in [1.82, 2.24) is 0 Å². The Morgan fingerprint density at radius 3 is 0.778 bits per heavy atom. The van der Waals surface area contributed by atoms with Gasteiger partial charge in [-0.05, 0) is 0 Å². The largest absolute Gasteiger partial charge is 2.00 e. The fourth-order valence-electron chi connectivity index (χ4n) is 0. The van der Waals surface area contributed by atoms with E-state index in [2.05, 4.69) is 0 Å². The molecule has 0 saturated heterocycles. The zero-order chi connectivity index (χ0) is 4.50. The molecular weight excluding hydrogens is 255 g/mol. The predicted octanol–water partition coefficient (Wildman–Crippen LogP) is -4.35. The Bertz CT molecular complexity index is 58.7. The Morgan fingerprint density at radius 2 is 0.778 bits per heavy atom. The summed E-state index contributed by atoms with van der Waals surface area (Å²) in [5.74, 6) is 0. The van der Waals surface area contributed by atoms with Gasteiger partial charge in [0.15, 0.2) is 0 Å². The summed E-state index contributed by atoms with van der Waals surface area (Å²) in [4.78, 5) is 25.6. The third-order valence-electron chi connectivity index (χ3n) is 0. The van der Waals surface area contributed by atoms with E-state index in [1.807, 2.05) is 0 Å². The van der Waals surface area contributed by atoms with Crippen molar-refractivity contribution < 1.29 is 19.2 Å². The molecule has 0 atom stereocenters. The maximum Gasteiger partial charge on any atom is 2.00 e. The number of hydrogen-bond donors (Lipinski definition) is 0. The van der Waals surface area contributed by atoms with Gasteiger partial charge >= 0.3 is 151 Å². The quantitative estimate of drug-likeness (QED) is 0.323. The fraction of sp³-hybridized carbons (Fsp3) is 0. The van der Waals surface area contributed by atoms with Gasteiger partial charge in [0.2, 0.25) is 0 Å². The first-order valence-corrected chi connectivity index (χ1v) is 2.19. The van der Waals surface area contributed by atoms with Crippen molar-refractivity contribution in [2.24, 2.45) is 0 Å². The van der Waals surface area contributed by atoms with Crippen molar-refractivity contribution in [3.8, 4) is 0 Å². The molecule has 0 aromatic rings. The Balaban J connectivity index is -0.0000000133. The second kappa shape index (κ2) is 15.6. The van der Waals surface area contributed by atoms with E-state index in [9.17, 15) is 0 Å². The van der Waals surface area contributed by atoms with Crippen LogP contribution in [0.5, 0.6) is 0 Å². The summed E-state index contributed by atoms with van der Waals surface area (Å²) in [6.45, 7) is 0. The minimum Gasteiger partial charge on any atom is -0.822 e. The second-order valence-corrected chi connectivity index (χ2v) is 1.34. The molecule has 0 rings (SSSR count). The molecule has 9 heavy (non-hydrogen) atoms. The van der Waals surface area contributed by atoms with Crippen LogP contribution in [0.15, 0.2) is 0 Å². The summed E-state index contributed by atoms with van der Waals surface area (Å²) < 4.78 is 8.55. The Kier molecular flexibility index (Phi) is 50.7. The summed E-state index contributed by atoms with van der Waals surface area (Å²) >= 11 is 0. The summed E-state index contributed by atoms with van der Waals surface area (Å²) in [5.41, 5.74) is 0. The molecule has 0 radical (unpaired) electrons. The van der Waals surface area contributed by atoms with Crippen LogP contribution in [-0.4, -0.2) is 151 Å². The maximum atomic E-state index is 8.55. The zero-order valence-electron chi connectivity index (χ0n) is 4.91. The van der Waals surface area contributed by atoms with E-state index < -0.39 is 7.82 Å². The minimum atomic E-state index is -5.39. The first-order valence-electron chi connectivity index (χ1n) is 0.730. The molecule has 0 bridgehead atoms. The van der Waals surface area contributed by atoms with Crippen molar-refractivity contribution >= 4 is 159 Å². The monoisotopic (exact) mass is 255 g/mol. The molecule has 32 valence electrons. The van der Waals surface area contributed by atoms with Gasteiger partial charge in [-0.2, -0.15) is 7.82 Å². The predicted molar refractivity (Wildman–Crippen MR) is 30.6 cm³/mol. The molecule has 0 fully saturated rings. The summed E-state index contributed by atoms with van der Waals surface area (Å²) in [5, 5.41) is 0. The van der Waals surface area contributed by atoms with Gasteiger partial charge in [0, 0.05) is 0 Å². The molecule has 0 N–H and O–H groups in total. The third kappa shape index (κ3) is 61.6. The van der Waals surface area contributed by atoms with Crippen LogP contribution in [0.1, 0.15) is 0 Å². The van der Waals surface area contributed by atoms with Crippen LogP contribution in [0.2, 0.25) is 0 Å². The molecule has 0 aromatic carbocycles. The topological polar surface area (TPSA) is 86.2 Å². The second-order valence-electron chi connectivity index (χ2n) is 0.447. The van der Waals surface area contributed by atoms with E-state index in [1.165, 1.54) is 0 Å². The van der Waals surface area contributed by atoms with Crippen molar-refractivity contribution in [3.63, 3.8) is 0 Å². The maximum absolute atomic E-state index is 8.55. The number of phosphoric acid groups is 1. The van der Waals surface area contributed by atoms with Crippen molar-refractivity contribution in [2.45, 2.75) is 0 Å². The molecule has 0 saturated carbocycles. The number of hydrogen-bond acceptors (Lipinski definition) is 4. The molecule has 0 amide bonds. The van der Waals surface area contributed by atoms with Crippen molar-refractivity contribution in [3.05, 3.63) is 0 Å². The molecule has 0 heterocycles. The normalized spacial score (nSPS) is 6.56. The van der Waals surface area contributed by atoms with Gasteiger partial charge in [0.1, 0.15) is 0 Å². The van der Waals surface area contributed by atoms with E-state index in [1.54, 1.807) is 0 Å². The van der Waals surface area contributed by atoms with Crippen molar-refractivity contribution in [2.75, 3.05) is 0 Å². The van der Waals surface area contributed by atoms with E-state index in [0.717, 1.165) is 0 Å². The molecule has 0 aliphatic rings. The third-order valence-corrected chi connectivity index (χ3v) is 0. The van der Waals surface area contributed by atoms with Crippen LogP contribution < -0.4 is 14.7 Å². The van der Waals surface area contributed by atoms with Gasteiger partial charge in [-0.3, -0.25) is 0 Å². The van der Waals surface area contributed by atoms with Crippen LogP contribution in [0.25, 0.3) is 0 Å². The van der Waals surface area contributed by atoms with Crippen LogP contribution in [0.3, 0.4) is 0 Å². The van der Waals surface area contributed by atoms with Crippen LogP contribution >= 0.6 is 7.82 Å². The van der Waals surface area contributed by atoms with E-state index in [0.29, 0.717) is 0 Å². The fourth-order valence-corrected chi connectivity index (χ4v) is 0. The molecule has 0 aromatic heterocycles. The average molecular weight is 255 g/mol. The van der Waals surface area contributed by atoms with Crippen LogP contribution in [-0.2, 0) is 4.57 Å². The molecule has 9 heteroatoms. The molecular formula is Ca4O4P+5. The summed E-state index contributed by atoms with van der Waals surface area (Å²) in [6.07, 6.45) is 0. The SMILES string of the molecule is O=P([O-])([O-])[O-].[Ca+2].[Ca+2].[Ca+2].[Ca+2]. The van der Waals surface area contributed by atoms with Crippen LogP contribution in [0, 0.1) is 0 Å². The van der Waals surface area contributed by atoms with Gasteiger partial charge in [-0.1, -0.05) is 0 Å². The van der Waals surface area contributed by atoms with Gasteiger partial charge in [0.25, 0.3) is 0 Å². The van der Waals surface area contributed by atoms with Gasteiger partial charge in [-0.25, -0.2) is 0 Å². The first-order chi connectivity index (χ1) is 2.00. The Hall–Kier alpha value is 5.15. The minimum absolute atomic E-state index is 0. The molecule has 0 aliphatic carbocycles. The van der Waals surface area contributed by atoms with Crippen molar-refractivity contribution in [1.29, 1.82) is 0 Å². The molecule has 0 aliphatic heterocycles. The van der Waals surface area contributed by atoms with Gasteiger partial charge in [-0.15, -0.1) is 0 Å². The van der Waals surface area contributed by atoms with Gasteiger partial charge in [0.05, 0.1) is 0 Å². The standard InChI is InChI=1S/4Ca.H3O4P/c;;;;1-5(2,3)4/h;;;;(H3,1,2,3,4)/q4*+2;/p-3. The molecule has 0 unspecified atom stereocenters. The zero-order valence-corrected chi connectivity index (χ0v) is 14.6. The van der Waals surface area contributed by atoms with Crippen LogP contribution in [0.4, 0.5) is 0 Å². The smallest absolute Gasteiger partial charge is 0.822 e. The van der Waals surface area contributed by atoms with E-state index >= 15 is 0 Å². The Labute approximate surface area is 173 Å². The average Bonchev–Trinajstić information content (AvgIpc) is 0.722. The summed E-state index contributed by atoms with van der Waals surface area (Å²) in [6, 6.07) is 0. The Morgan fingerprint density at radius 1 is 0.778 bits per heavy atom. The first kappa shape index (κ1) is 29.2. The molecule has 4 nitrogen and oxygen atoms in total.